The maximum Gasteiger partial charge on any atom is 0.270 e. The van der Waals surface area contributed by atoms with Crippen LogP contribution >= 0.6 is 0 Å². The van der Waals surface area contributed by atoms with Crippen molar-refractivity contribution in [3.63, 3.8) is 0 Å². The third kappa shape index (κ3) is 1.85. The van der Waals surface area contributed by atoms with Gasteiger partial charge in [-0.2, -0.15) is 10.4 Å². The zero-order valence-electron chi connectivity index (χ0n) is 10.1. The summed E-state index contributed by atoms with van der Waals surface area (Å²) < 4.78 is 0. The van der Waals surface area contributed by atoms with E-state index in [2.05, 4.69) is 15.2 Å². The molecule has 7 heteroatoms. The molecule has 2 heterocycles. The van der Waals surface area contributed by atoms with E-state index in [4.69, 9.17) is 5.26 Å². The molecule has 20 heavy (non-hydrogen) atoms. The molecule has 0 bridgehead atoms. The minimum atomic E-state index is -0.455. The van der Waals surface area contributed by atoms with Gasteiger partial charge in [-0.3, -0.25) is 15.2 Å². The molecular weight excluding hydrogens is 258 g/mol. The molecule has 7 nitrogen and oxygen atoms in total. The van der Waals surface area contributed by atoms with Crippen molar-refractivity contribution in [1.82, 2.24) is 15.2 Å². The lowest BCUT2D eigenvalue weighted by atomic mass is 10.1. The summed E-state index contributed by atoms with van der Waals surface area (Å²) in [7, 11) is 0. The van der Waals surface area contributed by atoms with Crippen LogP contribution in [0.4, 0.5) is 5.69 Å². The summed E-state index contributed by atoms with van der Waals surface area (Å²) in [5, 5.41) is 27.3. The van der Waals surface area contributed by atoms with Crippen LogP contribution in [0.1, 0.15) is 5.69 Å². The molecule has 0 aliphatic carbocycles. The van der Waals surface area contributed by atoms with E-state index in [1.165, 1.54) is 18.3 Å². The van der Waals surface area contributed by atoms with Crippen LogP contribution in [0.5, 0.6) is 0 Å². The van der Waals surface area contributed by atoms with Crippen molar-refractivity contribution < 1.29 is 4.92 Å². The lowest BCUT2D eigenvalue weighted by Gasteiger charge is -1.98. The van der Waals surface area contributed by atoms with E-state index in [-0.39, 0.29) is 11.4 Å². The average Bonchev–Trinajstić information content (AvgIpc) is 2.90. The van der Waals surface area contributed by atoms with Crippen LogP contribution in [0.2, 0.25) is 0 Å². The first-order chi connectivity index (χ1) is 9.69. The fourth-order valence-electron chi connectivity index (χ4n) is 1.97. The smallest absolute Gasteiger partial charge is 0.270 e. The molecule has 3 rings (SSSR count). The summed E-state index contributed by atoms with van der Waals surface area (Å²) in [4.78, 5) is 14.3. The van der Waals surface area contributed by atoms with E-state index in [9.17, 15) is 10.1 Å². The standard InChI is InChI=1S/C13H7N5O2/c14-7-9-5-8(3-4-15-9)13-11-6-10(18(19)20)1-2-12(11)16-17-13/h1-6H,(H,16,17). The van der Waals surface area contributed by atoms with Crippen molar-refractivity contribution in [2.75, 3.05) is 0 Å². The summed E-state index contributed by atoms with van der Waals surface area (Å²) in [5.41, 5.74) is 2.20. The first kappa shape index (κ1) is 11.8. The number of nitriles is 1. The first-order valence-electron chi connectivity index (χ1n) is 5.68. The van der Waals surface area contributed by atoms with Gasteiger partial charge >= 0.3 is 0 Å². The normalized spacial score (nSPS) is 10.3. The maximum atomic E-state index is 10.8. The molecule has 0 radical (unpaired) electrons. The van der Waals surface area contributed by atoms with Gasteiger partial charge in [0, 0.05) is 29.3 Å². The number of fused-ring (bicyclic) bond motifs is 1. The molecule has 0 saturated carbocycles. The van der Waals surface area contributed by atoms with Crippen LogP contribution in [0.3, 0.4) is 0 Å². The molecule has 0 fully saturated rings. The Kier molecular flexibility index (Phi) is 2.62. The average molecular weight is 265 g/mol. The van der Waals surface area contributed by atoms with Crippen LogP contribution in [0.25, 0.3) is 22.2 Å². The Balaban J connectivity index is 2.23. The number of aromatic amines is 1. The van der Waals surface area contributed by atoms with Gasteiger partial charge in [0.05, 0.1) is 10.4 Å². The number of hydrogen-bond donors (Lipinski definition) is 1. The van der Waals surface area contributed by atoms with Gasteiger partial charge in [-0.05, 0) is 18.2 Å². The topological polar surface area (TPSA) is 108 Å². The summed E-state index contributed by atoms with van der Waals surface area (Å²) in [6.07, 6.45) is 1.51. The van der Waals surface area contributed by atoms with Crippen molar-refractivity contribution in [3.8, 4) is 17.3 Å². The highest BCUT2D eigenvalue weighted by Crippen LogP contribution is 2.29. The van der Waals surface area contributed by atoms with E-state index in [0.29, 0.717) is 22.2 Å². The summed E-state index contributed by atoms with van der Waals surface area (Å²) in [6, 6.07) is 9.73. The number of H-pyrrole nitrogens is 1. The molecular formula is C13H7N5O2. The van der Waals surface area contributed by atoms with Gasteiger partial charge in [0.15, 0.2) is 0 Å². The molecule has 96 valence electrons. The number of nitro groups is 1. The highest BCUT2D eigenvalue weighted by Gasteiger charge is 2.13. The molecule has 0 unspecified atom stereocenters. The predicted molar refractivity (Wildman–Crippen MR) is 70.7 cm³/mol. The number of rotatable bonds is 2. The quantitative estimate of drug-likeness (QED) is 0.565. The van der Waals surface area contributed by atoms with E-state index in [0.717, 1.165) is 0 Å². The van der Waals surface area contributed by atoms with Gasteiger partial charge in [0.25, 0.3) is 5.69 Å². The van der Waals surface area contributed by atoms with Crippen LogP contribution in [0, 0.1) is 21.4 Å². The van der Waals surface area contributed by atoms with Crippen LogP contribution < -0.4 is 0 Å². The number of nitrogens with one attached hydrogen (secondary N) is 1. The molecule has 3 aromatic rings. The number of benzene rings is 1. The number of aromatic nitrogens is 3. The van der Waals surface area contributed by atoms with E-state index < -0.39 is 4.92 Å². The number of pyridine rings is 1. The molecule has 0 spiro atoms. The Bertz CT molecular complexity index is 863. The fourth-order valence-corrected chi connectivity index (χ4v) is 1.97. The summed E-state index contributed by atoms with van der Waals surface area (Å²) in [6.45, 7) is 0. The Labute approximate surface area is 112 Å². The molecule has 0 saturated heterocycles. The van der Waals surface area contributed by atoms with Crippen molar-refractivity contribution >= 4 is 16.6 Å². The van der Waals surface area contributed by atoms with Gasteiger partial charge in [-0.1, -0.05) is 0 Å². The van der Waals surface area contributed by atoms with Crippen molar-refractivity contribution in [1.29, 1.82) is 5.26 Å². The zero-order chi connectivity index (χ0) is 14.1. The van der Waals surface area contributed by atoms with Gasteiger partial charge in [0.2, 0.25) is 0 Å². The van der Waals surface area contributed by atoms with Crippen LogP contribution in [-0.2, 0) is 0 Å². The molecule has 0 aliphatic rings. The molecule has 0 amide bonds. The van der Waals surface area contributed by atoms with Gasteiger partial charge < -0.3 is 0 Å². The minimum Gasteiger partial charge on any atom is -0.277 e. The number of non-ortho nitro benzene ring substituents is 1. The van der Waals surface area contributed by atoms with Gasteiger partial charge in [-0.15, -0.1) is 0 Å². The lowest BCUT2D eigenvalue weighted by Crippen LogP contribution is -1.87. The monoisotopic (exact) mass is 265 g/mol. The molecule has 2 aromatic heterocycles. The second kappa shape index (κ2) is 4.44. The van der Waals surface area contributed by atoms with Crippen molar-refractivity contribution in [2.45, 2.75) is 0 Å². The fraction of sp³-hybridized carbons (Fsp3) is 0. The highest BCUT2D eigenvalue weighted by molar-refractivity contribution is 5.94. The Morgan fingerprint density at radius 2 is 2.15 bits per heavy atom. The Morgan fingerprint density at radius 1 is 1.30 bits per heavy atom. The summed E-state index contributed by atoms with van der Waals surface area (Å²) in [5.74, 6) is 0. The predicted octanol–water partition coefficient (Wildman–Crippen LogP) is 2.40. The summed E-state index contributed by atoms with van der Waals surface area (Å²) >= 11 is 0. The minimum absolute atomic E-state index is 0.00490. The van der Waals surface area contributed by atoms with E-state index in [1.807, 2.05) is 6.07 Å². The maximum absolute atomic E-state index is 10.8. The first-order valence-corrected chi connectivity index (χ1v) is 5.68. The second-order valence-electron chi connectivity index (χ2n) is 4.10. The molecule has 1 N–H and O–H groups in total. The van der Waals surface area contributed by atoms with Crippen LogP contribution in [-0.4, -0.2) is 20.1 Å². The van der Waals surface area contributed by atoms with Crippen molar-refractivity contribution in [3.05, 3.63) is 52.3 Å². The third-order valence-corrected chi connectivity index (χ3v) is 2.91. The number of nitrogens with zero attached hydrogens (tertiary/aromatic N) is 4. The largest absolute Gasteiger partial charge is 0.277 e. The molecule has 1 aromatic carbocycles. The van der Waals surface area contributed by atoms with Gasteiger partial charge in [-0.25, -0.2) is 4.98 Å². The second-order valence-corrected chi connectivity index (χ2v) is 4.10. The zero-order valence-corrected chi connectivity index (χ0v) is 10.1. The SMILES string of the molecule is N#Cc1cc(-c2n[nH]c3ccc([N+](=O)[O-])cc23)ccn1. The Hall–Kier alpha value is -3.27. The number of hydrogen-bond acceptors (Lipinski definition) is 5. The number of nitro benzene ring substituents is 1. The highest BCUT2D eigenvalue weighted by atomic mass is 16.6. The molecule has 0 atom stereocenters. The third-order valence-electron chi connectivity index (χ3n) is 2.91. The van der Waals surface area contributed by atoms with E-state index >= 15 is 0 Å². The van der Waals surface area contributed by atoms with E-state index in [1.54, 1.807) is 18.2 Å². The Morgan fingerprint density at radius 3 is 2.90 bits per heavy atom. The van der Waals surface area contributed by atoms with Crippen LogP contribution in [0.15, 0.2) is 36.5 Å². The lowest BCUT2D eigenvalue weighted by molar-refractivity contribution is -0.384. The molecule has 0 aliphatic heterocycles. The van der Waals surface area contributed by atoms with Gasteiger partial charge in [0.1, 0.15) is 17.5 Å². The van der Waals surface area contributed by atoms with Crippen molar-refractivity contribution in [2.24, 2.45) is 0 Å².